The fourth-order valence-corrected chi connectivity index (χ4v) is 6.15. The number of rotatable bonds is 3. The van der Waals surface area contributed by atoms with E-state index in [2.05, 4.69) is 15.0 Å². The van der Waals surface area contributed by atoms with Crippen molar-refractivity contribution in [2.24, 2.45) is 10.7 Å². The minimum Gasteiger partial charge on any atom is -0.386 e. The van der Waals surface area contributed by atoms with Crippen LogP contribution in [0.25, 0.3) is 10.4 Å². The topological polar surface area (TPSA) is 122 Å². The number of nitrogens with two attached hydrogens (primary N) is 1. The predicted octanol–water partition coefficient (Wildman–Crippen LogP) is 2.78. The van der Waals surface area contributed by atoms with Gasteiger partial charge in [0.15, 0.2) is 15.1 Å². The Labute approximate surface area is 170 Å². The molecule has 0 bridgehead atoms. The molecule has 146 valence electrons. The van der Waals surface area contributed by atoms with Crippen LogP contribution >= 0.6 is 11.3 Å². The molecule has 0 aliphatic carbocycles. The lowest BCUT2D eigenvalue weighted by atomic mass is 10.2. The van der Waals surface area contributed by atoms with E-state index in [9.17, 15) is 12.8 Å². The second-order valence-electron chi connectivity index (χ2n) is 6.43. The summed E-state index contributed by atoms with van der Waals surface area (Å²) in [6.07, 6.45) is 4.41. The maximum atomic E-state index is 14.7. The number of sulfone groups is 1. The summed E-state index contributed by atoms with van der Waals surface area (Å²) in [7, 11) is -3.74. The van der Waals surface area contributed by atoms with Crippen LogP contribution in [-0.2, 0) is 9.84 Å². The number of nitrogens with zero attached hydrogens (tertiary/aromatic N) is 4. The first-order chi connectivity index (χ1) is 13.9. The lowest BCUT2D eigenvalue weighted by Gasteiger charge is -2.25. The molecule has 0 aromatic carbocycles. The number of aromatic nitrogens is 2. The highest BCUT2D eigenvalue weighted by Crippen LogP contribution is 2.40. The Morgan fingerprint density at radius 1 is 1.28 bits per heavy atom. The zero-order valence-corrected chi connectivity index (χ0v) is 16.5. The molecule has 2 N–H and O–H groups in total. The van der Waals surface area contributed by atoms with Crippen molar-refractivity contribution in [3.63, 3.8) is 0 Å². The zero-order valence-electron chi connectivity index (χ0n) is 14.9. The second-order valence-corrected chi connectivity index (χ2v) is 9.65. The second kappa shape index (κ2) is 7.35. The van der Waals surface area contributed by atoms with Gasteiger partial charge in [0.2, 0.25) is 0 Å². The van der Waals surface area contributed by atoms with Gasteiger partial charge in [-0.15, -0.1) is 11.3 Å². The number of halogens is 1. The molecule has 0 saturated carbocycles. The zero-order chi connectivity index (χ0) is 20.6. The van der Waals surface area contributed by atoms with E-state index >= 15 is 0 Å². The molecule has 10 heteroatoms. The average Bonchev–Trinajstić information content (AvgIpc) is 3.09. The van der Waals surface area contributed by atoms with Crippen LogP contribution in [0.3, 0.4) is 0 Å². The Morgan fingerprint density at radius 3 is 2.79 bits per heavy atom. The maximum absolute atomic E-state index is 14.7. The number of pyridine rings is 2. The van der Waals surface area contributed by atoms with E-state index < -0.39 is 26.9 Å². The summed E-state index contributed by atoms with van der Waals surface area (Å²) < 4.78 is 40.4. The summed E-state index contributed by atoms with van der Waals surface area (Å²) in [5.74, 6) is -1.05. The van der Waals surface area contributed by atoms with E-state index in [1.54, 1.807) is 24.3 Å². The molecule has 0 spiro atoms. The van der Waals surface area contributed by atoms with Crippen molar-refractivity contribution in [2.45, 2.75) is 11.3 Å². The molecule has 29 heavy (non-hydrogen) atoms. The molecule has 2 atom stereocenters. The van der Waals surface area contributed by atoms with Crippen LogP contribution in [0.1, 0.15) is 27.4 Å². The standard InChI is InChI=1S/C19H14FN5O2S2/c20-13-6-16(12-5-11(7-21)8-23-9-12)28-17(13)15-10-29(26,27)18(19(22)25-15)14-3-1-2-4-24-14/h1-6,8-9,15,18H,10H2,(H2,22,25). The summed E-state index contributed by atoms with van der Waals surface area (Å²) in [5, 5.41) is 7.87. The Morgan fingerprint density at radius 2 is 2.10 bits per heavy atom. The third-order valence-corrected chi connectivity index (χ3v) is 7.69. The van der Waals surface area contributed by atoms with E-state index in [-0.39, 0.29) is 16.5 Å². The number of thiophene rings is 1. The third kappa shape index (κ3) is 3.62. The van der Waals surface area contributed by atoms with Gasteiger partial charge in [-0.05, 0) is 24.3 Å². The highest BCUT2D eigenvalue weighted by molar-refractivity contribution is 7.92. The normalized spacial score (nSPS) is 20.6. The van der Waals surface area contributed by atoms with Gasteiger partial charge < -0.3 is 5.73 Å². The average molecular weight is 427 g/mol. The lowest BCUT2D eigenvalue weighted by molar-refractivity contribution is 0.571. The maximum Gasteiger partial charge on any atom is 0.168 e. The molecular formula is C19H14FN5O2S2. The monoisotopic (exact) mass is 427 g/mol. The van der Waals surface area contributed by atoms with E-state index in [0.717, 1.165) is 11.3 Å². The molecule has 0 saturated heterocycles. The third-order valence-electron chi connectivity index (χ3n) is 4.45. The Hall–Kier alpha value is -3.16. The highest BCUT2D eigenvalue weighted by Gasteiger charge is 2.40. The highest BCUT2D eigenvalue weighted by atomic mass is 32.2. The minimum atomic E-state index is -3.74. The van der Waals surface area contributed by atoms with Gasteiger partial charge in [-0.3, -0.25) is 15.0 Å². The van der Waals surface area contributed by atoms with Crippen LogP contribution < -0.4 is 5.73 Å². The van der Waals surface area contributed by atoms with Crippen molar-refractivity contribution in [1.82, 2.24) is 9.97 Å². The van der Waals surface area contributed by atoms with Crippen molar-refractivity contribution in [3.8, 4) is 16.5 Å². The van der Waals surface area contributed by atoms with E-state index in [1.165, 1.54) is 24.7 Å². The van der Waals surface area contributed by atoms with Crippen molar-refractivity contribution in [3.05, 3.63) is 70.9 Å². The van der Waals surface area contributed by atoms with Crippen molar-refractivity contribution in [1.29, 1.82) is 5.26 Å². The Kier molecular flexibility index (Phi) is 4.86. The van der Waals surface area contributed by atoms with Gasteiger partial charge in [0.05, 0.1) is 21.9 Å². The summed E-state index contributed by atoms with van der Waals surface area (Å²) >= 11 is 1.07. The largest absolute Gasteiger partial charge is 0.386 e. The number of aliphatic imine (C=N–C) groups is 1. The molecule has 0 amide bonds. The summed E-state index contributed by atoms with van der Waals surface area (Å²) in [5.41, 5.74) is 7.19. The molecule has 0 fully saturated rings. The Bertz CT molecular complexity index is 1250. The van der Waals surface area contributed by atoms with E-state index in [1.807, 2.05) is 6.07 Å². The smallest absolute Gasteiger partial charge is 0.168 e. The molecule has 1 aliphatic rings. The van der Waals surface area contributed by atoms with Gasteiger partial charge in [0, 0.05) is 29.0 Å². The quantitative estimate of drug-likeness (QED) is 0.686. The summed E-state index contributed by atoms with van der Waals surface area (Å²) in [4.78, 5) is 13.0. The van der Waals surface area contributed by atoms with E-state index in [4.69, 9.17) is 11.0 Å². The molecule has 3 aromatic heterocycles. The summed E-state index contributed by atoms with van der Waals surface area (Å²) in [6.45, 7) is 0. The molecule has 4 rings (SSSR count). The molecule has 0 radical (unpaired) electrons. The molecule has 3 aromatic rings. The van der Waals surface area contributed by atoms with Gasteiger partial charge in [0.1, 0.15) is 23.8 Å². The van der Waals surface area contributed by atoms with Crippen LogP contribution in [0.4, 0.5) is 4.39 Å². The SMILES string of the molecule is N#Cc1cncc(-c2cc(F)c(C3CS(=O)(=O)C(c4ccccn4)C(N)=N3)s2)c1. The number of nitriles is 1. The molecular weight excluding hydrogens is 413 g/mol. The van der Waals surface area contributed by atoms with Crippen molar-refractivity contribution in [2.75, 3.05) is 5.75 Å². The first-order valence-electron chi connectivity index (χ1n) is 8.49. The van der Waals surface area contributed by atoms with Crippen LogP contribution in [0.5, 0.6) is 0 Å². The van der Waals surface area contributed by atoms with Crippen LogP contribution in [0.2, 0.25) is 0 Å². The van der Waals surface area contributed by atoms with Crippen LogP contribution in [-0.4, -0.2) is 30.0 Å². The first-order valence-corrected chi connectivity index (χ1v) is 11.0. The number of amidine groups is 1. The molecule has 4 heterocycles. The minimum absolute atomic E-state index is 0.109. The van der Waals surface area contributed by atoms with Crippen LogP contribution in [0, 0.1) is 17.1 Å². The molecule has 7 nitrogen and oxygen atoms in total. The van der Waals surface area contributed by atoms with Crippen molar-refractivity contribution >= 4 is 27.0 Å². The first kappa shape index (κ1) is 19.2. The number of hydrogen-bond acceptors (Lipinski definition) is 8. The molecule has 2 unspecified atom stereocenters. The van der Waals surface area contributed by atoms with Gasteiger partial charge in [-0.1, -0.05) is 6.07 Å². The van der Waals surface area contributed by atoms with Gasteiger partial charge in [-0.2, -0.15) is 5.26 Å². The fraction of sp³-hybridized carbons (Fsp3) is 0.158. The number of hydrogen-bond donors (Lipinski definition) is 1. The Balaban J connectivity index is 1.72. The van der Waals surface area contributed by atoms with Gasteiger partial charge in [-0.25, -0.2) is 12.8 Å². The van der Waals surface area contributed by atoms with Crippen LogP contribution in [0.15, 0.2) is 53.9 Å². The van der Waals surface area contributed by atoms with E-state index in [0.29, 0.717) is 21.7 Å². The van der Waals surface area contributed by atoms with Crippen molar-refractivity contribution < 1.29 is 12.8 Å². The lowest BCUT2D eigenvalue weighted by Crippen LogP contribution is -2.37. The predicted molar refractivity (Wildman–Crippen MR) is 107 cm³/mol. The van der Waals surface area contributed by atoms with Gasteiger partial charge >= 0.3 is 0 Å². The molecule has 1 aliphatic heterocycles. The summed E-state index contributed by atoms with van der Waals surface area (Å²) in [6, 6.07) is 8.85. The fourth-order valence-electron chi connectivity index (χ4n) is 3.17. The van der Waals surface area contributed by atoms with Gasteiger partial charge in [0.25, 0.3) is 0 Å².